The second-order valence-electron chi connectivity index (χ2n) is 15.0. The van der Waals surface area contributed by atoms with Crippen LogP contribution in [0, 0.1) is 23.7 Å². The molecular formula is C34H52F2N6O6. The number of halogens is 2. The number of ketones is 1. The number of carbonyl (C=O) groups excluding carboxylic acids is 4. The Kier molecular flexibility index (Phi) is 10.5. The van der Waals surface area contributed by atoms with Gasteiger partial charge in [-0.2, -0.15) is 0 Å². The molecular weight excluding hydrogens is 626 g/mol. The molecule has 0 radical (unpaired) electrons. The molecule has 0 aromatic carbocycles. The van der Waals surface area contributed by atoms with Crippen molar-refractivity contribution in [2.24, 2.45) is 23.7 Å². The normalized spacial score (nSPS) is 42.4. The maximum atomic E-state index is 16.7. The predicted molar refractivity (Wildman–Crippen MR) is 172 cm³/mol. The first kappa shape index (κ1) is 35.2. The van der Waals surface area contributed by atoms with Crippen LogP contribution in [-0.2, 0) is 23.9 Å². The van der Waals surface area contributed by atoms with E-state index in [2.05, 4.69) is 27.4 Å². The average Bonchev–Trinajstić information content (AvgIpc) is 3.05. The van der Waals surface area contributed by atoms with Gasteiger partial charge in [-0.1, -0.05) is 20.4 Å². The van der Waals surface area contributed by atoms with Crippen LogP contribution in [0.5, 0.6) is 0 Å². The van der Waals surface area contributed by atoms with Gasteiger partial charge in [-0.3, -0.25) is 24.6 Å². The van der Waals surface area contributed by atoms with Crippen molar-refractivity contribution in [3.05, 3.63) is 12.7 Å². The van der Waals surface area contributed by atoms with E-state index >= 15 is 8.78 Å². The lowest BCUT2D eigenvalue weighted by molar-refractivity contribution is -0.169. The van der Waals surface area contributed by atoms with Crippen molar-refractivity contribution in [2.45, 2.75) is 121 Å². The fraction of sp³-hybridized carbons (Fsp3) is 0.824. The molecule has 5 heterocycles. The topological polar surface area (TPSA) is 133 Å². The molecule has 5 aliphatic heterocycles. The lowest BCUT2D eigenvalue weighted by Gasteiger charge is -2.60. The minimum atomic E-state index is -1.44. The fourth-order valence-electron chi connectivity index (χ4n) is 9.64. The van der Waals surface area contributed by atoms with Crippen LogP contribution in [0.4, 0.5) is 13.6 Å². The number of fused-ring (bicyclic) bond motifs is 5. The second kappa shape index (κ2) is 14.3. The third kappa shape index (κ3) is 6.49. The monoisotopic (exact) mass is 678 g/mol. The van der Waals surface area contributed by atoms with Crippen molar-refractivity contribution in [2.75, 3.05) is 32.8 Å². The molecule has 6 fully saturated rings. The van der Waals surface area contributed by atoms with Crippen molar-refractivity contribution in [3.8, 4) is 0 Å². The molecule has 3 amide bonds. The summed E-state index contributed by atoms with van der Waals surface area (Å²) >= 11 is 0. The molecule has 0 aromatic heterocycles. The number of amides is 3. The number of hydrogen-bond donors (Lipinski definition) is 3. The molecule has 13 atom stereocenters. The summed E-state index contributed by atoms with van der Waals surface area (Å²) in [6, 6.07) is -2.37. The van der Waals surface area contributed by atoms with E-state index in [1.807, 2.05) is 20.8 Å². The lowest BCUT2D eigenvalue weighted by atomic mass is 9.71. The molecule has 0 spiro atoms. The van der Waals surface area contributed by atoms with E-state index in [0.717, 1.165) is 0 Å². The largest absolute Gasteiger partial charge is 0.454 e. The van der Waals surface area contributed by atoms with Crippen LogP contribution in [0.2, 0.25) is 0 Å². The van der Waals surface area contributed by atoms with Gasteiger partial charge in [0, 0.05) is 62.4 Å². The van der Waals surface area contributed by atoms with Gasteiger partial charge in [0.2, 0.25) is 5.91 Å². The van der Waals surface area contributed by atoms with E-state index in [9.17, 15) is 19.2 Å². The Balaban J connectivity index is 1.44. The second-order valence-corrected chi connectivity index (χ2v) is 15.0. The number of piperidine rings is 2. The molecule has 0 aromatic rings. The molecule has 3 N–H and O–H groups in total. The van der Waals surface area contributed by atoms with Crippen molar-refractivity contribution in [1.82, 2.24) is 30.7 Å². The first-order valence-corrected chi connectivity index (χ1v) is 17.8. The summed E-state index contributed by atoms with van der Waals surface area (Å²) in [5.41, 5.74) is 0. The lowest BCUT2D eigenvalue weighted by Crippen LogP contribution is -2.80. The number of alkyl halides is 2. The van der Waals surface area contributed by atoms with Crippen LogP contribution in [0.1, 0.15) is 59.8 Å². The molecule has 6 aliphatic rings. The fourth-order valence-corrected chi connectivity index (χ4v) is 9.64. The Morgan fingerprint density at radius 2 is 1.85 bits per heavy atom. The van der Waals surface area contributed by atoms with Gasteiger partial charge in [0.25, 0.3) is 0 Å². The third-order valence-electron chi connectivity index (χ3n) is 11.8. The van der Waals surface area contributed by atoms with E-state index in [1.54, 1.807) is 9.80 Å². The summed E-state index contributed by atoms with van der Waals surface area (Å²) in [6.07, 6.45) is -2.88. The van der Waals surface area contributed by atoms with Crippen molar-refractivity contribution >= 4 is 23.7 Å². The predicted octanol–water partition coefficient (Wildman–Crippen LogP) is 1.74. The summed E-state index contributed by atoms with van der Waals surface area (Å²) < 4.78 is 44.5. The van der Waals surface area contributed by atoms with E-state index < -0.39 is 85.1 Å². The molecule has 1 saturated carbocycles. The molecule has 2 bridgehead atoms. The number of carbonyl (C=O) groups is 4. The SMILES string of the molecule is C=CC(=O)N1CCN(C2NC(=O)N3C4NC(C(F)CC42)C2C(F)CCCC2OCC(=O)[C@@H](OC(C)=O)C2CCNC(C(C)C)C23)[C@@H](C)C1. The van der Waals surface area contributed by atoms with E-state index in [0.29, 0.717) is 45.4 Å². The molecule has 48 heavy (non-hydrogen) atoms. The molecule has 268 valence electrons. The standard InChI is InChI=1S/C34H52F2N6O6/c1-6-26(45)40-12-13-41(18(4)15-40)32-21-14-23(36)29-27-22(35)8-7-9-25(27)47-16-24(44)31(48-19(5)43)20-10-11-37-28(17(2)3)30(20)42(33(21)38-29)34(46)39-32/h6,17-18,20-23,25,27-33,37-38H,1,7-16H2,2-5H3,(H,39,46)/t18-,20?,21?,22?,23?,25?,27?,28?,29?,30?,31-,32?,33?/m0/s1. The van der Waals surface area contributed by atoms with Crippen molar-refractivity contribution < 1.29 is 37.4 Å². The third-order valence-corrected chi connectivity index (χ3v) is 11.8. The van der Waals surface area contributed by atoms with Crippen LogP contribution in [-0.4, -0.2) is 132 Å². The summed E-state index contributed by atoms with van der Waals surface area (Å²) in [5.74, 6) is -3.09. The number of urea groups is 1. The zero-order valence-electron chi connectivity index (χ0n) is 28.5. The Bertz CT molecular complexity index is 1260. The number of nitrogens with zero attached hydrogens (tertiary/aromatic N) is 3. The Labute approximate surface area is 281 Å². The minimum Gasteiger partial charge on any atom is -0.454 e. The van der Waals surface area contributed by atoms with Crippen LogP contribution < -0.4 is 16.0 Å². The summed E-state index contributed by atoms with van der Waals surface area (Å²) in [5, 5.41) is 10.3. The minimum absolute atomic E-state index is 0.0146. The van der Waals surface area contributed by atoms with Crippen LogP contribution >= 0.6 is 0 Å². The van der Waals surface area contributed by atoms with Gasteiger partial charge < -0.3 is 29.9 Å². The Morgan fingerprint density at radius 1 is 1.08 bits per heavy atom. The van der Waals surface area contributed by atoms with E-state index in [1.165, 1.54) is 13.0 Å². The number of Topliss-reactive ketones (excluding diaryl/α,β-unsaturated/α-hetero) is 1. The molecule has 1 aliphatic carbocycles. The molecule has 6 rings (SSSR count). The average molecular weight is 679 g/mol. The van der Waals surface area contributed by atoms with Gasteiger partial charge in [-0.15, -0.1) is 0 Å². The van der Waals surface area contributed by atoms with Gasteiger partial charge in [-0.05, 0) is 57.6 Å². The van der Waals surface area contributed by atoms with Gasteiger partial charge >= 0.3 is 12.0 Å². The highest BCUT2D eigenvalue weighted by Gasteiger charge is 2.59. The molecule has 5 saturated heterocycles. The summed E-state index contributed by atoms with van der Waals surface area (Å²) in [6.45, 7) is 12.4. The zero-order valence-corrected chi connectivity index (χ0v) is 28.5. The smallest absolute Gasteiger partial charge is 0.320 e. The Hall–Kier alpha value is -2.68. The summed E-state index contributed by atoms with van der Waals surface area (Å²) in [4.78, 5) is 59.0. The number of esters is 1. The van der Waals surface area contributed by atoms with Crippen molar-refractivity contribution in [1.29, 1.82) is 0 Å². The van der Waals surface area contributed by atoms with Gasteiger partial charge in [0.1, 0.15) is 19.0 Å². The van der Waals surface area contributed by atoms with Crippen molar-refractivity contribution in [3.63, 3.8) is 0 Å². The van der Waals surface area contributed by atoms with Crippen LogP contribution in [0.3, 0.4) is 0 Å². The number of ether oxygens (including phenoxy) is 2. The Morgan fingerprint density at radius 3 is 2.54 bits per heavy atom. The highest BCUT2D eigenvalue weighted by molar-refractivity contribution is 5.87. The van der Waals surface area contributed by atoms with E-state index in [4.69, 9.17) is 9.47 Å². The van der Waals surface area contributed by atoms with Crippen LogP contribution in [0.25, 0.3) is 0 Å². The van der Waals surface area contributed by atoms with Gasteiger partial charge in [-0.25, -0.2) is 13.6 Å². The molecule has 11 unspecified atom stereocenters. The quantitative estimate of drug-likeness (QED) is 0.301. The number of nitrogens with one attached hydrogen (secondary N) is 3. The highest BCUT2D eigenvalue weighted by atomic mass is 19.1. The van der Waals surface area contributed by atoms with Gasteiger partial charge in [0.05, 0.1) is 24.5 Å². The number of rotatable bonds is 4. The van der Waals surface area contributed by atoms with Crippen LogP contribution in [0.15, 0.2) is 12.7 Å². The first-order chi connectivity index (χ1) is 22.9. The maximum Gasteiger partial charge on any atom is 0.320 e. The molecule has 12 nitrogen and oxygen atoms in total. The number of piperazine rings is 1. The zero-order chi connectivity index (χ0) is 34.4. The van der Waals surface area contributed by atoms with Gasteiger partial charge in [0.15, 0.2) is 11.9 Å². The highest BCUT2D eigenvalue weighted by Crippen LogP contribution is 2.43. The number of hydrogen-bond acceptors (Lipinski definition) is 9. The maximum absolute atomic E-state index is 16.7. The summed E-state index contributed by atoms with van der Waals surface area (Å²) in [7, 11) is 0. The molecule has 14 heteroatoms. The first-order valence-electron chi connectivity index (χ1n) is 17.8. The van der Waals surface area contributed by atoms with E-state index in [-0.39, 0.29) is 42.8 Å².